The van der Waals surface area contributed by atoms with Gasteiger partial charge in [-0.2, -0.15) is 13.2 Å². The van der Waals surface area contributed by atoms with Crippen LogP contribution in [0.5, 0.6) is 0 Å². The molecule has 0 saturated carbocycles. The molecule has 0 aliphatic heterocycles. The number of carbonyl (C=O) groups is 1. The van der Waals surface area contributed by atoms with Crippen molar-refractivity contribution in [3.8, 4) is 0 Å². The largest absolute Gasteiger partial charge is 0.416 e. The van der Waals surface area contributed by atoms with E-state index in [0.717, 1.165) is 18.6 Å². The summed E-state index contributed by atoms with van der Waals surface area (Å²) in [6.45, 7) is 4.33. The van der Waals surface area contributed by atoms with Gasteiger partial charge in [-0.3, -0.25) is 14.9 Å². The molecule has 0 radical (unpaired) electrons. The molecule has 0 heterocycles. The Kier molecular flexibility index (Phi) is 10.1. The normalized spacial score (nSPS) is 12.3. The lowest BCUT2D eigenvalue weighted by Gasteiger charge is -2.19. The van der Waals surface area contributed by atoms with Gasteiger partial charge in [0.1, 0.15) is 5.69 Å². The van der Waals surface area contributed by atoms with Gasteiger partial charge in [0.15, 0.2) is 0 Å². The Balaban J connectivity index is 0.00000676. The molecule has 0 aliphatic rings. The van der Waals surface area contributed by atoms with Crippen LogP contribution in [0.2, 0.25) is 0 Å². The number of carbonyl (C=O) groups excluding carboxylic acids is 1. The standard InChI is InChI=1S/C16H23F3N4O3.ClH/c1-10(2)7-12(9-20)22-15(24)5-6-21-13-4-3-11(16(17,18)19)8-14(13)23(25)26;/h3-4,8,10,12,21H,5-7,9,20H2,1-2H3,(H,22,24);1H. The highest BCUT2D eigenvalue weighted by Crippen LogP contribution is 2.34. The molecular weight excluding hydrogens is 389 g/mol. The number of nitro groups is 1. The van der Waals surface area contributed by atoms with E-state index in [9.17, 15) is 28.1 Å². The number of hydrogen-bond acceptors (Lipinski definition) is 5. The fraction of sp³-hybridized carbons (Fsp3) is 0.562. The highest BCUT2D eigenvalue weighted by atomic mass is 35.5. The zero-order valence-corrected chi connectivity index (χ0v) is 15.8. The van der Waals surface area contributed by atoms with Gasteiger partial charge in [-0.05, 0) is 24.5 Å². The van der Waals surface area contributed by atoms with Gasteiger partial charge in [0.2, 0.25) is 5.91 Å². The molecule has 154 valence electrons. The van der Waals surface area contributed by atoms with E-state index in [1.165, 1.54) is 0 Å². The number of nitrogens with two attached hydrogens (primary N) is 1. The highest BCUT2D eigenvalue weighted by Gasteiger charge is 2.33. The lowest BCUT2D eigenvalue weighted by atomic mass is 10.0. The fourth-order valence-corrected chi connectivity index (χ4v) is 2.40. The number of alkyl halides is 3. The Hall–Kier alpha value is -2.07. The summed E-state index contributed by atoms with van der Waals surface area (Å²) in [5, 5.41) is 16.4. The molecular formula is C16H24ClF3N4O3. The molecule has 1 atom stereocenters. The van der Waals surface area contributed by atoms with Crippen LogP contribution in [-0.4, -0.2) is 30.0 Å². The van der Waals surface area contributed by atoms with E-state index in [4.69, 9.17) is 5.73 Å². The Bertz CT molecular complexity index is 642. The second-order valence-electron chi connectivity index (χ2n) is 6.29. The number of amides is 1. The van der Waals surface area contributed by atoms with Gasteiger partial charge in [0, 0.05) is 31.6 Å². The van der Waals surface area contributed by atoms with Gasteiger partial charge in [-0.15, -0.1) is 12.4 Å². The number of benzene rings is 1. The lowest BCUT2D eigenvalue weighted by Crippen LogP contribution is -2.41. The summed E-state index contributed by atoms with van der Waals surface area (Å²) in [6.07, 6.45) is -3.94. The molecule has 0 bridgehead atoms. The molecule has 1 aromatic carbocycles. The van der Waals surface area contributed by atoms with Crippen LogP contribution in [0.15, 0.2) is 18.2 Å². The zero-order valence-electron chi connectivity index (χ0n) is 15.0. The molecule has 11 heteroatoms. The van der Waals surface area contributed by atoms with Gasteiger partial charge >= 0.3 is 6.18 Å². The molecule has 0 saturated heterocycles. The first-order valence-electron chi connectivity index (χ1n) is 8.13. The number of hydrogen-bond donors (Lipinski definition) is 3. The highest BCUT2D eigenvalue weighted by molar-refractivity contribution is 5.85. The Labute approximate surface area is 161 Å². The van der Waals surface area contributed by atoms with E-state index in [2.05, 4.69) is 10.6 Å². The van der Waals surface area contributed by atoms with Crippen molar-refractivity contribution in [2.75, 3.05) is 18.4 Å². The number of nitro benzene ring substituents is 1. The van der Waals surface area contributed by atoms with Crippen molar-refractivity contribution in [1.29, 1.82) is 0 Å². The summed E-state index contributed by atoms with van der Waals surface area (Å²) < 4.78 is 38.0. The van der Waals surface area contributed by atoms with Crippen LogP contribution in [0.25, 0.3) is 0 Å². The number of nitrogens with one attached hydrogen (secondary N) is 2. The third-order valence-corrected chi connectivity index (χ3v) is 3.59. The van der Waals surface area contributed by atoms with Crippen molar-refractivity contribution < 1.29 is 22.9 Å². The van der Waals surface area contributed by atoms with Crippen LogP contribution in [-0.2, 0) is 11.0 Å². The zero-order chi connectivity index (χ0) is 19.9. The summed E-state index contributed by atoms with van der Waals surface area (Å²) in [5.41, 5.74) is 3.72. The van der Waals surface area contributed by atoms with Crippen LogP contribution in [0.1, 0.15) is 32.3 Å². The van der Waals surface area contributed by atoms with Crippen LogP contribution in [0.4, 0.5) is 24.5 Å². The maximum absolute atomic E-state index is 12.7. The first-order chi connectivity index (χ1) is 12.0. The van der Waals surface area contributed by atoms with Gasteiger partial charge in [0.05, 0.1) is 10.5 Å². The summed E-state index contributed by atoms with van der Waals surface area (Å²) in [7, 11) is 0. The van der Waals surface area contributed by atoms with Gasteiger partial charge in [0.25, 0.3) is 5.69 Å². The van der Waals surface area contributed by atoms with Crippen molar-refractivity contribution in [3.63, 3.8) is 0 Å². The smallest absolute Gasteiger partial charge is 0.379 e. The maximum atomic E-state index is 12.7. The number of halogens is 4. The monoisotopic (exact) mass is 412 g/mol. The van der Waals surface area contributed by atoms with E-state index in [1.54, 1.807) is 0 Å². The molecule has 27 heavy (non-hydrogen) atoms. The topological polar surface area (TPSA) is 110 Å². The number of anilines is 1. The average Bonchev–Trinajstić information content (AvgIpc) is 2.52. The molecule has 0 aromatic heterocycles. The minimum Gasteiger partial charge on any atom is -0.379 e. The Morgan fingerprint density at radius 1 is 1.33 bits per heavy atom. The van der Waals surface area contributed by atoms with Crippen molar-refractivity contribution >= 4 is 29.7 Å². The van der Waals surface area contributed by atoms with E-state index in [-0.39, 0.29) is 43.0 Å². The molecule has 0 spiro atoms. The van der Waals surface area contributed by atoms with Crippen LogP contribution >= 0.6 is 12.4 Å². The predicted octanol–water partition coefficient (Wildman–Crippen LogP) is 3.33. The lowest BCUT2D eigenvalue weighted by molar-refractivity contribution is -0.384. The minimum absolute atomic E-state index is 0. The molecule has 1 amide bonds. The first-order valence-corrected chi connectivity index (χ1v) is 8.13. The van der Waals surface area contributed by atoms with Crippen LogP contribution < -0.4 is 16.4 Å². The minimum atomic E-state index is -4.67. The van der Waals surface area contributed by atoms with Gasteiger partial charge < -0.3 is 16.4 Å². The average molecular weight is 413 g/mol. The van der Waals surface area contributed by atoms with E-state index in [0.29, 0.717) is 18.5 Å². The van der Waals surface area contributed by atoms with Gasteiger partial charge in [-0.1, -0.05) is 13.8 Å². The van der Waals surface area contributed by atoms with Gasteiger partial charge in [-0.25, -0.2) is 0 Å². The second-order valence-corrected chi connectivity index (χ2v) is 6.29. The second kappa shape index (κ2) is 10.9. The Morgan fingerprint density at radius 3 is 2.44 bits per heavy atom. The maximum Gasteiger partial charge on any atom is 0.416 e. The SMILES string of the molecule is CC(C)CC(CN)NC(=O)CCNc1ccc(C(F)(F)F)cc1[N+](=O)[O-].Cl. The summed E-state index contributed by atoms with van der Waals surface area (Å²) in [4.78, 5) is 22.0. The van der Waals surface area contributed by atoms with Crippen molar-refractivity contribution in [2.45, 2.75) is 38.9 Å². The van der Waals surface area contributed by atoms with E-state index >= 15 is 0 Å². The third-order valence-electron chi connectivity index (χ3n) is 3.59. The predicted molar refractivity (Wildman–Crippen MR) is 98.9 cm³/mol. The molecule has 4 N–H and O–H groups in total. The number of rotatable bonds is 9. The quantitative estimate of drug-likeness (QED) is 0.425. The first kappa shape index (κ1) is 24.9. The van der Waals surface area contributed by atoms with Crippen molar-refractivity contribution in [1.82, 2.24) is 5.32 Å². The summed E-state index contributed by atoms with van der Waals surface area (Å²) in [5.74, 6) is 0.0694. The Morgan fingerprint density at radius 2 is 1.96 bits per heavy atom. The molecule has 7 nitrogen and oxygen atoms in total. The van der Waals surface area contributed by atoms with E-state index in [1.807, 2.05) is 13.8 Å². The van der Waals surface area contributed by atoms with E-state index < -0.39 is 22.4 Å². The summed E-state index contributed by atoms with van der Waals surface area (Å²) in [6, 6.07) is 2.04. The molecule has 0 fully saturated rings. The fourth-order valence-electron chi connectivity index (χ4n) is 2.40. The number of nitrogens with zero attached hydrogens (tertiary/aromatic N) is 1. The molecule has 0 aliphatic carbocycles. The summed E-state index contributed by atoms with van der Waals surface area (Å²) >= 11 is 0. The van der Waals surface area contributed by atoms with Crippen molar-refractivity contribution in [3.05, 3.63) is 33.9 Å². The van der Waals surface area contributed by atoms with Crippen molar-refractivity contribution in [2.24, 2.45) is 11.7 Å². The van der Waals surface area contributed by atoms with Crippen LogP contribution in [0, 0.1) is 16.0 Å². The molecule has 1 aromatic rings. The third kappa shape index (κ3) is 8.44. The molecule has 1 unspecified atom stereocenters. The van der Waals surface area contributed by atoms with Crippen LogP contribution in [0.3, 0.4) is 0 Å². The molecule has 1 rings (SSSR count).